The van der Waals surface area contributed by atoms with E-state index < -0.39 is 0 Å². The van der Waals surface area contributed by atoms with E-state index in [1.165, 1.54) is 24.8 Å². The first kappa shape index (κ1) is 19.1. The third-order valence-electron chi connectivity index (χ3n) is 4.85. The largest absolute Gasteiger partial charge is 0.368 e. The summed E-state index contributed by atoms with van der Waals surface area (Å²) in [6.07, 6.45) is 4.71. The monoisotopic (exact) mass is 367 g/mol. The molecule has 0 saturated carbocycles. The number of carbonyl (C=O) groups is 1. The summed E-state index contributed by atoms with van der Waals surface area (Å²) in [5.41, 5.74) is 1.93. The van der Waals surface area contributed by atoms with Gasteiger partial charge in [0.1, 0.15) is 17.5 Å². The van der Waals surface area contributed by atoms with Crippen molar-refractivity contribution in [2.75, 3.05) is 36.4 Å². The lowest BCUT2D eigenvalue weighted by atomic mass is 10.1. The number of nitrogens with zero attached hydrogens (tertiary/aromatic N) is 3. The zero-order chi connectivity index (χ0) is 19.1. The SMILES string of the molecule is CCc1ccc(C(=O)NCCNc2cc(N3CCCCC3)nc(C)n2)cc1. The summed E-state index contributed by atoms with van der Waals surface area (Å²) in [5, 5.41) is 6.24. The van der Waals surface area contributed by atoms with Gasteiger partial charge in [0.25, 0.3) is 5.91 Å². The van der Waals surface area contributed by atoms with Gasteiger partial charge >= 0.3 is 0 Å². The molecule has 1 aliphatic rings. The molecule has 1 saturated heterocycles. The van der Waals surface area contributed by atoms with Crippen molar-refractivity contribution in [3.8, 4) is 0 Å². The summed E-state index contributed by atoms with van der Waals surface area (Å²) in [6.45, 7) is 7.29. The van der Waals surface area contributed by atoms with Crippen molar-refractivity contribution in [1.29, 1.82) is 0 Å². The molecule has 1 aromatic carbocycles. The van der Waals surface area contributed by atoms with Crippen LogP contribution in [0.25, 0.3) is 0 Å². The molecule has 2 N–H and O–H groups in total. The minimum Gasteiger partial charge on any atom is -0.368 e. The highest BCUT2D eigenvalue weighted by atomic mass is 16.1. The highest BCUT2D eigenvalue weighted by Crippen LogP contribution is 2.20. The molecule has 1 fully saturated rings. The van der Waals surface area contributed by atoms with Crippen LogP contribution < -0.4 is 15.5 Å². The number of aryl methyl sites for hydroxylation is 2. The van der Waals surface area contributed by atoms with E-state index in [9.17, 15) is 4.79 Å². The lowest BCUT2D eigenvalue weighted by molar-refractivity contribution is 0.0955. The van der Waals surface area contributed by atoms with Crippen molar-refractivity contribution in [1.82, 2.24) is 15.3 Å². The summed E-state index contributed by atoms with van der Waals surface area (Å²) in [5.74, 6) is 2.52. The molecule has 0 spiro atoms. The molecule has 0 bridgehead atoms. The number of benzene rings is 1. The van der Waals surface area contributed by atoms with Gasteiger partial charge in [0.15, 0.2) is 0 Å². The minimum absolute atomic E-state index is 0.0488. The van der Waals surface area contributed by atoms with E-state index in [1.54, 1.807) is 0 Å². The summed E-state index contributed by atoms with van der Waals surface area (Å²) in [4.78, 5) is 23.6. The first-order valence-electron chi connectivity index (χ1n) is 9.87. The molecule has 2 heterocycles. The molecule has 0 atom stereocenters. The fraction of sp³-hybridized carbons (Fsp3) is 0.476. The number of rotatable bonds is 7. The van der Waals surface area contributed by atoms with Crippen LogP contribution >= 0.6 is 0 Å². The highest BCUT2D eigenvalue weighted by Gasteiger charge is 2.13. The first-order chi connectivity index (χ1) is 13.2. The van der Waals surface area contributed by atoms with Crippen molar-refractivity contribution in [3.05, 3.63) is 47.3 Å². The second-order valence-electron chi connectivity index (χ2n) is 6.94. The molecule has 144 valence electrons. The van der Waals surface area contributed by atoms with Crippen molar-refractivity contribution in [3.63, 3.8) is 0 Å². The molecule has 2 aromatic rings. The predicted octanol–water partition coefficient (Wildman–Crippen LogP) is 3.18. The Morgan fingerprint density at radius 1 is 1.07 bits per heavy atom. The average Bonchev–Trinajstić information content (AvgIpc) is 2.71. The summed E-state index contributed by atoms with van der Waals surface area (Å²) < 4.78 is 0. The second-order valence-corrected chi connectivity index (χ2v) is 6.94. The Morgan fingerprint density at radius 2 is 1.81 bits per heavy atom. The zero-order valence-corrected chi connectivity index (χ0v) is 16.3. The van der Waals surface area contributed by atoms with Gasteiger partial charge in [-0.25, -0.2) is 9.97 Å². The number of hydrogen-bond acceptors (Lipinski definition) is 5. The average molecular weight is 367 g/mol. The normalized spacial score (nSPS) is 14.1. The Balaban J connectivity index is 1.49. The van der Waals surface area contributed by atoms with Crippen molar-refractivity contribution >= 4 is 17.5 Å². The molecule has 6 nitrogen and oxygen atoms in total. The van der Waals surface area contributed by atoms with Crippen LogP contribution in [0.4, 0.5) is 11.6 Å². The van der Waals surface area contributed by atoms with E-state index in [4.69, 9.17) is 0 Å². The number of amides is 1. The van der Waals surface area contributed by atoms with Crippen molar-refractivity contribution < 1.29 is 4.79 Å². The Labute approximate surface area is 161 Å². The lowest BCUT2D eigenvalue weighted by Crippen LogP contribution is -2.31. The molecule has 3 rings (SSSR count). The van der Waals surface area contributed by atoms with Crippen LogP contribution in [0, 0.1) is 6.92 Å². The topological polar surface area (TPSA) is 70.2 Å². The number of carbonyl (C=O) groups excluding carboxylic acids is 1. The van der Waals surface area contributed by atoms with Gasteiger partial charge in [-0.2, -0.15) is 0 Å². The number of piperidine rings is 1. The van der Waals surface area contributed by atoms with Crippen LogP contribution in [-0.2, 0) is 6.42 Å². The zero-order valence-electron chi connectivity index (χ0n) is 16.3. The Kier molecular flexibility index (Phi) is 6.63. The maximum Gasteiger partial charge on any atom is 0.251 e. The summed E-state index contributed by atoms with van der Waals surface area (Å²) >= 11 is 0. The van der Waals surface area contributed by atoms with Gasteiger partial charge in [0, 0.05) is 37.8 Å². The third-order valence-corrected chi connectivity index (χ3v) is 4.85. The first-order valence-corrected chi connectivity index (χ1v) is 9.87. The van der Waals surface area contributed by atoms with E-state index in [-0.39, 0.29) is 5.91 Å². The molecule has 1 aromatic heterocycles. The maximum absolute atomic E-state index is 12.2. The molecular formula is C21H29N5O. The molecule has 6 heteroatoms. The highest BCUT2D eigenvalue weighted by molar-refractivity contribution is 5.94. The molecule has 0 radical (unpaired) electrons. The summed E-state index contributed by atoms with van der Waals surface area (Å²) in [6, 6.07) is 9.75. The molecule has 1 amide bonds. The van der Waals surface area contributed by atoms with E-state index in [2.05, 4.69) is 32.4 Å². The van der Waals surface area contributed by atoms with Crippen LogP contribution in [0.5, 0.6) is 0 Å². The van der Waals surface area contributed by atoms with Gasteiger partial charge in [0.05, 0.1) is 0 Å². The lowest BCUT2D eigenvalue weighted by Gasteiger charge is -2.28. The van der Waals surface area contributed by atoms with Crippen molar-refractivity contribution in [2.45, 2.75) is 39.5 Å². The van der Waals surface area contributed by atoms with Crippen LogP contribution in [0.15, 0.2) is 30.3 Å². The van der Waals surface area contributed by atoms with E-state index >= 15 is 0 Å². The second kappa shape index (κ2) is 9.35. The standard InChI is InChI=1S/C21H29N5O/c1-3-17-7-9-18(10-8-17)21(27)23-12-11-22-19-15-20(25-16(2)24-19)26-13-5-4-6-14-26/h7-10,15H,3-6,11-14H2,1-2H3,(H,23,27)(H,22,24,25). The van der Waals surface area contributed by atoms with Crippen LogP contribution in [0.1, 0.15) is 47.9 Å². The van der Waals surface area contributed by atoms with Gasteiger partial charge in [-0.15, -0.1) is 0 Å². The van der Waals surface area contributed by atoms with Gasteiger partial charge in [-0.1, -0.05) is 19.1 Å². The number of nitrogens with one attached hydrogen (secondary N) is 2. The van der Waals surface area contributed by atoms with Gasteiger partial charge in [-0.05, 0) is 50.3 Å². The van der Waals surface area contributed by atoms with E-state index in [0.717, 1.165) is 37.0 Å². The quantitative estimate of drug-likeness (QED) is 0.736. The smallest absolute Gasteiger partial charge is 0.251 e. The third kappa shape index (κ3) is 5.42. The summed E-state index contributed by atoms with van der Waals surface area (Å²) in [7, 11) is 0. The van der Waals surface area contributed by atoms with Crippen molar-refractivity contribution in [2.24, 2.45) is 0 Å². The molecule has 27 heavy (non-hydrogen) atoms. The minimum atomic E-state index is -0.0488. The number of hydrogen-bond donors (Lipinski definition) is 2. The molecule has 0 aliphatic carbocycles. The molecular weight excluding hydrogens is 338 g/mol. The van der Waals surface area contributed by atoms with Gasteiger partial charge in [0.2, 0.25) is 0 Å². The fourth-order valence-corrected chi connectivity index (χ4v) is 3.29. The van der Waals surface area contributed by atoms with Gasteiger partial charge in [-0.3, -0.25) is 4.79 Å². The van der Waals surface area contributed by atoms with Crippen LogP contribution in [0.2, 0.25) is 0 Å². The Hall–Kier alpha value is -2.63. The molecule has 0 unspecified atom stereocenters. The van der Waals surface area contributed by atoms with Crippen LogP contribution in [0.3, 0.4) is 0 Å². The predicted molar refractivity (Wildman–Crippen MR) is 109 cm³/mol. The van der Waals surface area contributed by atoms with Crippen LogP contribution in [-0.4, -0.2) is 42.1 Å². The van der Waals surface area contributed by atoms with E-state index in [1.807, 2.05) is 37.3 Å². The maximum atomic E-state index is 12.2. The number of aromatic nitrogens is 2. The van der Waals surface area contributed by atoms with Gasteiger partial charge < -0.3 is 15.5 Å². The number of anilines is 2. The molecule has 1 aliphatic heterocycles. The fourth-order valence-electron chi connectivity index (χ4n) is 3.29. The Morgan fingerprint density at radius 3 is 2.52 bits per heavy atom. The Bertz CT molecular complexity index is 754. The van der Waals surface area contributed by atoms with E-state index in [0.29, 0.717) is 18.7 Å².